The molecule has 1 N–H and O–H groups in total. The minimum atomic E-state index is -1.38. The fourth-order valence-electron chi connectivity index (χ4n) is 12.1. The minimum Gasteiger partial charge on any atom is -0.459 e. The number of carbonyl (C=O) groups excluding carboxylic acids is 6. The monoisotopic (exact) mass is 820 g/mol. The summed E-state index contributed by atoms with van der Waals surface area (Å²) >= 11 is 0. The highest BCUT2D eigenvalue weighted by atomic mass is 16.6. The molecule has 61 heavy (non-hydrogen) atoms. The second-order valence-corrected chi connectivity index (χ2v) is 17.9. The number of carbonyl (C=O) groups is 6. The fourth-order valence-corrected chi connectivity index (χ4v) is 12.1. The van der Waals surface area contributed by atoms with E-state index in [0.717, 1.165) is 11.9 Å². The van der Waals surface area contributed by atoms with Crippen LogP contribution in [0.25, 0.3) is 0 Å². The summed E-state index contributed by atoms with van der Waals surface area (Å²) in [6, 6.07) is 30.3. The topological polar surface area (TPSA) is 150 Å². The summed E-state index contributed by atoms with van der Waals surface area (Å²) in [4.78, 5) is 80.3. The van der Waals surface area contributed by atoms with Crippen LogP contribution < -0.4 is 0 Å². The van der Waals surface area contributed by atoms with Crippen molar-refractivity contribution in [1.82, 2.24) is 0 Å². The molecule has 0 spiro atoms. The average Bonchev–Trinajstić information content (AvgIpc) is 3.85. The summed E-state index contributed by atoms with van der Waals surface area (Å²) in [5.41, 5.74) is -1.02. The first-order valence-electron chi connectivity index (χ1n) is 21.3. The molecule has 1 aliphatic heterocycles. The van der Waals surface area contributed by atoms with Crippen LogP contribution in [0.3, 0.4) is 0 Å². The van der Waals surface area contributed by atoms with Gasteiger partial charge < -0.3 is 24.1 Å². The lowest BCUT2D eigenvalue weighted by Crippen LogP contribution is -2.70. The summed E-state index contributed by atoms with van der Waals surface area (Å²) in [5, 5.41) is 12.9. The zero-order chi connectivity index (χ0) is 42.6. The third-order valence-electron chi connectivity index (χ3n) is 15.2. The van der Waals surface area contributed by atoms with Crippen LogP contribution >= 0.6 is 0 Å². The van der Waals surface area contributed by atoms with Crippen LogP contribution in [0.5, 0.6) is 0 Å². The van der Waals surface area contributed by atoms with Gasteiger partial charge in [0.2, 0.25) is 0 Å². The first kappa shape index (κ1) is 40.4. The van der Waals surface area contributed by atoms with Crippen LogP contribution in [-0.2, 0) is 23.8 Å². The highest BCUT2D eigenvalue weighted by Gasteiger charge is 2.73. The maximum Gasteiger partial charge on any atom is 0.338 e. The Balaban J connectivity index is 1.00. The Morgan fingerprint density at radius 1 is 0.656 bits per heavy atom. The zero-order valence-electron chi connectivity index (χ0n) is 34.0. The molecule has 0 radical (unpaired) electrons. The molecule has 0 amide bonds. The number of hydrogen-bond acceptors (Lipinski definition) is 10. The fraction of sp³-hybridized carbons (Fsp3) is 0.373. The summed E-state index contributed by atoms with van der Waals surface area (Å²) in [6.07, 6.45) is 5.58. The van der Waals surface area contributed by atoms with E-state index in [-0.39, 0.29) is 72.3 Å². The Hall–Kier alpha value is -6.00. The van der Waals surface area contributed by atoms with Crippen molar-refractivity contribution in [2.24, 2.45) is 28.6 Å². The van der Waals surface area contributed by atoms with Gasteiger partial charge in [0.1, 0.15) is 24.6 Å². The van der Waals surface area contributed by atoms with Crippen molar-refractivity contribution < 1.29 is 48.1 Å². The molecule has 10 heteroatoms. The molecule has 0 bridgehead atoms. The SMILES string of the molecule is C[C@]12CC[C@H]3[C@@H](CC[C@]4(OC(=O)c5ccc(C(=O)c6ccccc6)cc5)C[C@@H](OC(=O)c5ccc(C(=O)c6ccccc6)cc5)CC[C@]34C=O)C1(O)CC[C@@H]2C1=CC(=O)OC1. The van der Waals surface area contributed by atoms with Gasteiger partial charge in [-0.25, -0.2) is 14.4 Å². The number of aliphatic hydroxyl groups is 1. The number of cyclic esters (lactones) is 1. The van der Waals surface area contributed by atoms with E-state index in [1.807, 2.05) is 12.1 Å². The molecule has 1 unspecified atom stereocenters. The van der Waals surface area contributed by atoms with Gasteiger partial charge in [-0.05, 0) is 99.0 Å². The third kappa shape index (κ3) is 6.67. The van der Waals surface area contributed by atoms with Crippen molar-refractivity contribution in [2.75, 3.05) is 6.61 Å². The van der Waals surface area contributed by atoms with Crippen LogP contribution in [0, 0.1) is 28.6 Å². The van der Waals surface area contributed by atoms with Crippen molar-refractivity contribution in [2.45, 2.75) is 82.0 Å². The van der Waals surface area contributed by atoms with Crippen LogP contribution in [-0.4, -0.2) is 64.8 Å². The molecule has 4 fully saturated rings. The quantitative estimate of drug-likeness (QED) is 0.0720. The van der Waals surface area contributed by atoms with Gasteiger partial charge in [0.15, 0.2) is 11.6 Å². The Morgan fingerprint density at radius 2 is 1.20 bits per heavy atom. The highest BCUT2D eigenvalue weighted by Crippen LogP contribution is 2.71. The van der Waals surface area contributed by atoms with Gasteiger partial charge in [0.25, 0.3) is 0 Å². The van der Waals surface area contributed by atoms with Crippen molar-refractivity contribution in [1.29, 1.82) is 0 Å². The molecule has 4 aromatic carbocycles. The third-order valence-corrected chi connectivity index (χ3v) is 15.2. The summed E-state index contributed by atoms with van der Waals surface area (Å²) in [7, 11) is 0. The lowest BCUT2D eigenvalue weighted by molar-refractivity contribution is -0.247. The highest BCUT2D eigenvalue weighted by molar-refractivity contribution is 6.10. The normalized spacial score (nSPS) is 31.3. The second-order valence-electron chi connectivity index (χ2n) is 17.9. The van der Waals surface area contributed by atoms with Crippen LogP contribution in [0.15, 0.2) is 121 Å². The lowest BCUT2D eigenvalue weighted by atomic mass is 9.41. The molecule has 5 aliphatic rings. The van der Waals surface area contributed by atoms with E-state index in [9.17, 15) is 33.9 Å². The minimum absolute atomic E-state index is 0.0426. The molecule has 4 saturated carbocycles. The smallest absolute Gasteiger partial charge is 0.338 e. The number of rotatable bonds is 10. The first-order chi connectivity index (χ1) is 29.4. The van der Waals surface area contributed by atoms with Crippen molar-refractivity contribution in [3.8, 4) is 0 Å². The van der Waals surface area contributed by atoms with E-state index in [0.29, 0.717) is 60.8 Å². The zero-order valence-corrected chi connectivity index (χ0v) is 34.0. The van der Waals surface area contributed by atoms with Crippen LogP contribution in [0.1, 0.15) is 117 Å². The summed E-state index contributed by atoms with van der Waals surface area (Å²) in [6.45, 7) is 2.32. The molecule has 312 valence electrons. The number of hydrogen-bond donors (Lipinski definition) is 1. The van der Waals surface area contributed by atoms with Gasteiger partial charge in [-0.1, -0.05) is 91.9 Å². The largest absolute Gasteiger partial charge is 0.459 e. The number of aldehydes is 1. The molecule has 0 saturated heterocycles. The number of fused-ring (bicyclic) bond motifs is 5. The maximum absolute atomic E-state index is 14.3. The van der Waals surface area contributed by atoms with Crippen LogP contribution in [0.2, 0.25) is 0 Å². The lowest BCUT2D eigenvalue weighted by Gasteiger charge is -2.65. The van der Waals surface area contributed by atoms with Gasteiger partial charge in [0, 0.05) is 40.2 Å². The predicted octanol–water partition coefficient (Wildman–Crippen LogP) is 8.09. The Morgan fingerprint density at radius 3 is 1.75 bits per heavy atom. The van der Waals surface area contributed by atoms with Gasteiger partial charge in [0.05, 0.1) is 22.1 Å². The van der Waals surface area contributed by atoms with Crippen LogP contribution in [0.4, 0.5) is 0 Å². The molecule has 0 aromatic heterocycles. The van der Waals surface area contributed by atoms with Gasteiger partial charge in [-0.2, -0.15) is 0 Å². The van der Waals surface area contributed by atoms with E-state index < -0.39 is 40.1 Å². The molecule has 9 rings (SSSR count). The van der Waals surface area contributed by atoms with Gasteiger partial charge >= 0.3 is 17.9 Å². The van der Waals surface area contributed by atoms with E-state index in [1.165, 1.54) is 0 Å². The standard InChI is InChI=1S/C51H48O10/c1-48-24-21-41-42(51(48,58)27-23-40(48)38-28-43(53)59-30-38)22-26-50(61-47(57)37-18-14-35(15-19-37)45(55)33-10-6-3-7-11-33)29-39(20-25-49(41,50)31-52)60-46(56)36-16-12-34(13-17-36)44(54)32-8-4-2-5-9-32/h2-19,28,31,39-42,58H,20-27,29-30H2,1H3/t39-,40+,41-,42+,48+,49-,50-,51?/m0/s1. The molecule has 4 aromatic rings. The summed E-state index contributed by atoms with van der Waals surface area (Å²) in [5.74, 6) is -2.65. The molecule has 1 heterocycles. The van der Waals surface area contributed by atoms with E-state index in [2.05, 4.69) is 6.92 Å². The Labute approximate surface area is 354 Å². The predicted molar refractivity (Wildman–Crippen MR) is 223 cm³/mol. The number of ether oxygens (including phenoxy) is 3. The number of ketones is 2. The van der Waals surface area contributed by atoms with E-state index in [1.54, 1.807) is 103 Å². The number of benzene rings is 4. The molecular formula is C51H48O10. The molecular weight excluding hydrogens is 773 g/mol. The molecule has 10 nitrogen and oxygen atoms in total. The van der Waals surface area contributed by atoms with Gasteiger partial charge in [-0.3, -0.25) is 9.59 Å². The van der Waals surface area contributed by atoms with Gasteiger partial charge in [-0.15, -0.1) is 0 Å². The Kier molecular flexibility index (Phi) is 10.3. The molecule has 8 atom stereocenters. The van der Waals surface area contributed by atoms with Crippen molar-refractivity contribution in [3.63, 3.8) is 0 Å². The first-order valence-corrected chi connectivity index (χ1v) is 21.3. The van der Waals surface area contributed by atoms with E-state index >= 15 is 0 Å². The van der Waals surface area contributed by atoms with Crippen molar-refractivity contribution in [3.05, 3.63) is 154 Å². The summed E-state index contributed by atoms with van der Waals surface area (Å²) < 4.78 is 18.1. The average molecular weight is 821 g/mol. The molecule has 4 aliphatic carbocycles. The number of esters is 3. The van der Waals surface area contributed by atoms with Crippen molar-refractivity contribution >= 4 is 35.8 Å². The Bertz CT molecular complexity index is 2420. The second kappa shape index (κ2) is 15.5. The maximum atomic E-state index is 14.3. The van der Waals surface area contributed by atoms with E-state index in [4.69, 9.17) is 14.2 Å².